The van der Waals surface area contributed by atoms with Crippen molar-refractivity contribution in [2.24, 2.45) is 5.10 Å². The molecule has 0 fully saturated rings. The van der Waals surface area contributed by atoms with Gasteiger partial charge >= 0.3 is 0 Å². The molecule has 0 saturated carbocycles. The second kappa shape index (κ2) is 8.72. The lowest BCUT2D eigenvalue weighted by molar-refractivity contribution is 0.659. The van der Waals surface area contributed by atoms with Crippen LogP contribution in [-0.4, -0.2) is 26.0 Å². The van der Waals surface area contributed by atoms with Crippen molar-refractivity contribution >= 4 is 33.6 Å². The number of aryl methyl sites for hydroxylation is 1. The number of benzene rings is 2. The van der Waals surface area contributed by atoms with E-state index in [2.05, 4.69) is 57.1 Å². The van der Waals surface area contributed by atoms with E-state index in [0.29, 0.717) is 5.82 Å². The summed E-state index contributed by atoms with van der Waals surface area (Å²) in [6.45, 7) is 4.81. The predicted octanol–water partition coefficient (Wildman–Crippen LogP) is 5.67. The van der Waals surface area contributed by atoms with Gasteiger partial charge in [-0.05, 0) is 25.0 Å². The lowest BCUT2D eigenvalue weighted by Crippen LogP contribution is -2.04. The normalized spacial score (nSPS) is 11.4. The van der Waals surface area contributed by atoms with Gasteiger partial charge in [0.05, 0.1) is 23.8 Å². The quantitative estimate of drug-likeness (QED) is 0.274. The summed E-state index contributed by atoms with van der Waals surface area (Å²) < 4.78 is 2.02. The fourth-order valence-corrected chi connectivity index (χ4v) is 4.67. The molecule has 0 amide bonds. The van der Waals surface area contributed by atoms with Crippen LogP contribution >= 0.6 is 11.3 Å². The summed E-state index contributed by atoms with van der Waals surface area (Å²) in [5, 5.41) is 12.3. The van der Waals surface area contributed by atoms with Crippen molar-refractivity contribution in [3.05, 3.63) is 94.9 Å². The third kappa shape index (κ3) is 3.90. The molecule has 0 aliphatic carbocycles. The zero-order valence-corrected chi connectivity index (χ0v) is 18.7. The lowest BCUT2D eigenvalue weighted by Gasteiger charge is -2.05. The first-order valence-electron chi connectivity index (χ1n) is 10.4. The van der Waals surface area contributed by atoms with Crippen LogP contribution in [0.5, 0.6) is 0 Å². The van der Waals surface area contributed by atoms with Gasteiger partial charge in [-0.1, -0.05) is 60.7 Å². The molecule has 158 valence electrons. The first-order chi connectivity index (χ1) is 15.7. The highest BCUT2D eigenvalue weighted by atomic mass is 32.1. The maximum Gasteiger partial charge on any atom is 0.159 e. The molecule has 0 saturated heterocycles. The number of aromatic nitrogens is 4. The van der Waals surface area contributed by atoms with Crippen LogP contribution in [0.4, 0.5) is 5.82 Å². The van der Waals surface area contributed by atoms with E-state index < -0.39 is 0 Å². The molecule has 5 aromatic rings. The standard InChI is InChI=1S/C25H22N6S/c1-17-21(18(2)31(30-17)14-19-9-5-3-6-10-19)13-28-29-24-23-22(20-11-7-4-8-12-20)15-32-25(23)27-16-26-24/h3-13,15-16H,14H2,1-2H3,(H,26,27,29)/b28-13-. The minimum atomic E-state index is 0.693. The van der Waals surface area contributed by atoms with Crippen molar-refractivity contribution in [1.82, 2.24) is 19.7 Å². The summed E-state index contributed by atoms with van der Waals surface area (Å²) in [6.07, 6.45) is 3.39. The van der Waals surface area contributed by atoms with Crippen LogP contribution in [0.3, 0.4) is 0 Å². The maximum absolute atomic E-state index is 4.70. The number of rotatable bonds is 6. The largest absolute Gasteiger partial charge is 0.265 e. The first kappa shape index (κ1) is 20.1. The molecular weight excluding hydrogens is 416 g/mol. The number of nitrogens with one attached hydrogen (secondary N) is 1. The van der Waals surface area contributed by atoms with Crippen molar-refractivity contribution in [1.29, 1.82) is 0 Å². The van der Waals surface area contributed by atoms with Crippen molar-refractivity contribution in [3.8, 4) is 11.1 Å². The molecule has 0 aliphatic heterocycles. The molecule has 2 aromatic carbocycles. The van der Waals surface area contributed by atoms with Gasteiger partial charge < -0.3 is 0 Å². The van der Waals surface area contributed by atoms with Crippen molar-refractivity contribution in [3.63, 3.8) is 0 Å². The van der Waals surface area contributed by atoms with Crippen molar-refractivity contribution in [2.75, 3.05) is 5.43 Å². The fraction of sp³-hybridized carbons (Fsp3) is 0.120. The highest BCUT2D eigenvalue weighted by molar-refractivity contribution is 7.17. The summed E-state index contributed by atoms with van der Waals surface area (Å²) in [4.78, 5) is 9.81. The van der Waals surface area contributed by atoms with Gasteiger partial charge in [0, 0.05) is 22.2 Å². The SMILES string of the molecule is Cc1nn(Cc2ccccc2)c(C)c1/C=N\Nc1ncnc2scc(-c3ccccc3)c12. The summed E-state index contributed by atoms with van der Waals surface area (Å²) in [5.74, 6) is 0.693. The number of hydrogen-bond donors (Lipinski definition) is 1. The summed E-state index contributed by atoms with van der Waals surface area (Å²) in [5.41, 5.74) is 9.61. The zero-order valence-electron chi connectivity index (χ0n) is 17.9. The van der Waals surface area contributed by atoms with Crippen LogP contribution in [0.15, 0.2) is 77.5 Å². The number of hydrazone groups is 1. The summed E-state index contributed by atoms with van der Waals surface area (Å²) >= 11 is 1.61. The maximum atomic E-state index is 4.70. The molecule has 0 radical (unpaired) electrons. The topological polar surface area (TPSA) is 68.0 Å². The van der Waals surface area contributed by atoms with Crippen LogP contribution in [0, 0.1) is 13.8 Å². The minimum Gasteiger partial charge on any atom is -0.265 e. The van der Waals surface area contributed by atoms with Gasteiger partial charge in [0.2, 0.25) is 0 Å². The van der Waals surface area contributed by atoms with Gasteiger partial charge in [0.25, 0.3) is 0 Å². The zero-order chi connectivity index (χ0) is 21.9. The highest BCUT2D eigenvalue weighted by Gasteiger charge is 2.13. The molecule has 7 heteroatoms. The third-order valence-corrected chi connectivity index (χ3v) is 6.32. The monoisotopic (exact) mass is 438 g/mol. The average molecular weight is 439 g/mol. The highest BCUT2D eigenvalue weighted by Crippen LogP contribution is 2.36. The first-order valence-corrected chi connectivity index (χ1v) is 11.2. The Kier molecular flexibility index (Phi) is 5.47. The molecule has 32 heavy (non-hydrogen) atoms. The van der Waals surface area contributed by atoms with E-state index in [1.165, 1.54) is 5.56 Å². The Bertz CT molecular complexity index is 1390. The summed E-state index contributed by atoms with van der Waals surface area (Å²) in [7, 11) is 0. The van der Waals surface area contributed by atoms with Crippen LogP contribution in [0.1, 0.15) is 22.5 Å². The minimum absolute atomic E-state index is 0.693. The fourth-order valence-electron chi connectivity index (χ4n) is 3.76. The molecule has 0 atom stereocenters. The molecule has 0 aliphatic rings. The van der Waals surface area contributed by atoms with E-state index in [1.807, 2.05) is 54.2 Å². The second-order valence-electron chi connectivity index (χ2n) is 7.52. The number of hydrogen-bond acceptors (Lipinski definition) is 6. The smallest absolute Gasteiger partial charge is 0.159 e. The predicted molar refractivity (Wildman–Crippen MR) is 131 cm³/mol. The third-order valence-electron chi connectivity index (χ3n) is 5.43. The molecule has 3 heterocycles. The van der Waals surface area contributed by atoms with Gasteiger partial charge in [-0.2, -0.15) is 10.2 Å². The van der Waals surface area contributed by atoms with Crippen LogP contribution < -0.4 is 5.43 Å². The molecule has 3 aromatic heterocycles. The van der Waals surface area contributed by atoms with E-state index in [0.717, 1.165) is 44.8 Å². The van der Waals surface area contributed by atoms with Gasteiger partial charge in [-0.25, -0.2) is 9.97 Å². The molecule has 5 rings (SSSR count). The Morgan fingerprint density at radius 1 is 1.00 bits per heavy atom. The van der Waals surface area contributed by atoms with E-state index in [9.17, 15) is 0 Å². The Balaban J connectivity index is 1.42. The molecule has 0 bridgehead atoms. The van der Waals surface area contributed by atoms with Gasteiger partial charge in [-0.15, -0.1) is 11.3 Å². The Morgan fingerprint density at radius 3 is 2.53 bits per heavy atom. The number of anilines is 1. The number of fused-ring (bicyclic) bond motifs is 1. The van der Waals surface area contributed by atoms with E-state index >= 15 is 0 Å². The Labute approximate surface area is 190 Å². The van der Waals surface area contributed by atoms with Crippen LogP contribution in [-0.2, 0) is 6.54 Å². The number of thiophene rings is 1. The van der Waals surface area contributed by atoms with E-state index in [1.54, 1.807) is 17.7 Å². The van der Waals surface area contributed by atoms with Crippen molar-refractivity contribution in [2.45, 2.75) is 20.4 Å². The van der Waals surface area contributed by atoms with E-state index in [4.69, 9.17) is 5.10 Å². The lowest BCUT2D eigenvalue weighted by atomic mass is 10.1. The molecular formula is C25H22N6S. The van der Waals surface area contributed by atoms with Gasteiger partial charge in [-0.3, -0.25) is 10.1 Å². The summed E-state index contributed by atoms with van der Waals surface area (Å²) in [6, 6.07) is 20.6. The second-order valence-corrected chi connectivity index (χ2v) is 8.37. The molecule has 6 nitrogen and oxygen atoms in total. The van der Waals surface area contributed by atoms with Gasteiger partial charge in [0.1, 0.15) is 11.2 Å². The number of nitrogens with zero attached hydrogens (tertiary/aromatic N) is 5. The molecule has 0 spiro atoms. The van der Waals surface area contributed by atoms with Crippen molar-refractivity contribution < 1.29 is 0 Å². The average Bonchev–Trinajstić information content (AvgIpc) is 3.37. The van der Waals surface area contributed by atoms with E-state index in [-0.39, 0.29) is 0 Å². The van der Waals surface area contributed by atoms with Crippen LogP contribution in [0.2, 0.25) is 0 Å². The molecule has 1 N–H and O–H groups in total. The van der Waals surface area contributed by atoms with Gasteiger partial charge in [0.15, 0.2) is 5.82 Å². The Hall–Kier alpha value is -3.84. The Morgan fingerprint density at radius 2 is 1.75 bits per heavy atom. The van der Waals surface area contributed by atoms with Crippen LogP contribution in [0.25, 0.3) is 21.3 Å². The molecule has 0 unspecified atom stereocenters.